The molecule has 1 N–H and O–H groups in total. The first-order chi connectivity index (χ1) is 10.2. The zero-order valence-corrected chi connectivity index (χ0v) is 13.0. The Hall–Kier alpha value is -1.66. The summed E-state index contributed by atoms with van der Waals surface area (Å²) < 4.78 is 5.23. The van der Waals surface area contributed by atoms with E-state index < -0.39 is 0 Å². The molecule has 0 saturated heterocycles. The number of hydrogen-bond acceptors (Lipinski definition) is 5. The highest BCUT2D eigenvalue weighted by atomic mass is 35.5. The second kappa shape index (κ2) is 5.99. The molecule has 2 aromatic rings. The maximum absolute atomic E-state index is 12.1. The molecule has 0 atom stereocenters. The summed E-state index contributed by atoms with van der Waals surface area (Å²) in [6, 6.07) is 5.21. The molecule has 110 valence electrons. The Morgan fingerprint density at radius 1 is 1.48 bits per heavy atom. The summed E-state index contributed by atoms with van der Waals surface area (Å²) in [6.07, 6.45) is 2.52. The van der Waals surface area contributed by atoms with Crippen LogP contribution in [0.3, 0.4) is 0 Å². The van der Waals surface area contributed by atoms with Crippen LogP contribution in [0.1, 0.15) is 29.3 Å². The first-order valence-corrected chi connectivity index (χ1v) is 7.81. The van der Waals surface area contributed by atoms with E-state index in [1.54, 1.807) is 25.3 Å². The van der Waals surface area contributed by atoms with Crippen molar-refractivity contribution in [2.75, 3.05) is 12.4 Å². The summed E-state index contributed by atoms with van der Waals surface area (Å²) in [4.78, 5) is 12.1. The van der Waals surface area contributed by atoms with Gasteiger partial charge < -0.3 is 10.1 Å². The number of anilines is 1. The fourth-order valence-corrected chi connectivity index (χ4v) is 3.13. The summed E-state index contributed by atoms with van der Waals surface area (Å²) in [5.74, 6) is 1.03. The monoisotopic (exact) mass is 323 g/mol. The summed E-state index contributed by atoms with van der Waals surface area (Å²) in [6.45, 7) is 0. The van der Waals surface area contributed by atoms with Gasteiger partial charge in [0, 0.05) is 16.5 Å². The van der Waals surface area contributed by atoms with Crippen LogP contribution in [0.25, 0.3) is 0 Å². The third kappa shape index (κ3) is 3.51. The van der Waals surface area contributed by atoms with Crippen molar-refractivity contribution >= 4 is 34.0 Å². The number of hydrogen-bond donors (Lipinski definition) is 1. The smallest absolute Gasteiger partial charge is 0.230 e. The molecule has 5 nitrogen and oxygen atoms in total. The minimum Gasteiger partial charge on any atom is -0.496 e. The number of nitrogens with zero attached hydrogens (tertiary/aromatic N) is 2. The van der Waals surface area contributed by atoms with E-state index in [-0.39, 0.29) is 12.3 Å². The zero-order valence-electron chi connectivity index (χ0n) is 11.4. The molecule has 1 aliphatic carbocycles. The van der Waals surface area contributed by atoms with Crippen molar-refractivity contribution in [3.63, 3.8) is 0 Å². The fraction of sp³-hybridized carbons (Fsp3) is 0.357. The van der Waals surface area contributed by atoms with E-state index in [1.165, 1.54) is 24.2 Å². The SMILES string of the molecule is COc1ccc(Cl)cc1CC(=O)Nc1nnc(C2CC2)s1. The maximum Gasteiger partial charge on any atom is 0.230 e. The summed E-state index contributed by atoms with van der Waals surface area (Å²) in [7, 11) is 1.57. The van der Waals surface area contributed by atoms with E-state index in [0.717, 1.165) is 10.6 Å². The molecule has 1 aliphatic rings. The van der Waals surface area contributed by atoms with Gasteiger partial charge in [0.15, 0.2) is 0 Å². The minimum absolute atomic E-state index is 0.158. The number of nitrogens with one attached hydrogen (secondary N) is 1. The normalized spacial score (nSPS) is 14.0. The lowest BCUT2D eigenvalue weighted by atomic mass is 10.1. The Kier molecular flexibility index (Phi) is 4.07. The van der Waals surface area contributed by atoms with Crippen molar-refractivity contribution in [3.8, 4) is 5.75 Å². The van der Waals surface area contributed by atoms with Gasteiger partial charge in [0.25, 0.3) is 0 Å². The van der Waals surface area contributed by atoms with Crippen LogP contribution in [-0.2, 0) is 11.2 Å². The van der Waals surface area contributed by atoms with Gasteiger partial charge in [-0.25, -0.2) is 0 Å². The number of carbonyl (C=O) groups is 1. The average Bonchev–Trinajstić information content (AvgIpc) is 3.20. The number of ether oxygens (including phenoxy) is 1. The maximum atomic E-state index is 12.1. The first-order valence-electron chi connectivity index (χ1n) is 6.61. The van der Waals surface area contributed by atoms with Gasteiger partial charge in [-0.1, -0.05) is 22.9 Å². The van der Waals surface area contributed by atoms with Gasteiger partial charge >= 0.3 is 0 Å². The molecule has 3 rings (SSSR count). The van der Waals surface area contributed by atoms with Gasteiger partial charge in [-0.05, 0) is 31.0 Å². The molecule has 1 amide bonds. The number of rotatable bonds is 5. The van der Waals surface area contributed by atoms with E-state index in [0.29, 0.717) is 21.8 Å². The largest absolute Gasteiger partial charge is 0.496 e. The Bertz CT molecular complexity index is 670. The number of carbonyl (C=O) groups excluding carboxylic acids is 1. The van der Waals surface area contributed by atoms with E-state index in [1.807, 2.05) is 0 Å². The quantitative estimate of drug-likeness (QED) is 0.917. The summed E-state index contributed by atoms with van der Waals surface area (Å²) in [5.41, 5.74) is 0.745. The van der Waals surface area contributed by atoms with Gasteiger partial charge in [0.05, 0.1) is 13.5 Å². The lowest BCUT2D eigenvalue weighted by molar-refractivity contribution is -0.115. The molecule has 1 fully saturated rings. The van der Waals surface area contributed by atoms with E-state index in [9.17, 15) is 4.79 Å². The van der Waals surface area contributed by atoms with E-state index >= 15 is 0 Å². The second-order valence-corrected chi connectivity index (χ2v) is 6.35. The van der Waals surface area contributed by atoms with Crippen LogP contribution in [0.2, 0.25) is 5.02 Å². The van der Waals surface area contributed by atoms with Crippen molar-refractivity contribution in [1.82, 2.24) is 10.2 Å². The van der Waals surface area contributed by atoms with Crippen LogP contribution < -0.4 is 10.1 Å². The Balaban J connectivity index is 1.66. The van der Waals surface area contributed by atoms with Crippen LogP contribution in [0.5, 0.6) is 5.75 Å². The topological polar surface area (TPSA) is 64.1 Å². The van der Waals surface area contributed by atoms with Crippen LogP contribution in [0.15, 0.2) is 18.2 Å². The lowest BCUT2D eigenvalue weighted by Crippen LogP contribution is -2.14. The molecule has 1 aromatic heterocycles. The first kappa shape index (κ1) is 14.3. The van der Waals surface area contributed by atoms with Crippen LogP contribution in [0.4, 0.5) is 5.13 Å². The zero-order chi connectivity index (χ0) is 14.8. The highest BCUT2D eigenvalue weighted by Crippen LogP contribution is 2.42. The summed E-state index contributed by atoms with van der Waals surface area (Å²) >= 11 is 7.40. The molecule has 0 unspecified atom stereocenters. The third-order valence-electron chi connectivity index (χ3n) is 3.21. The van der Waals surface area contributed by atoms with Crippen LogP contribution in [-0.4, -0.2) is 23.2 Å². The number of aromatic nitrogens is 2. The molecule has 1 aromatic carbocycles. The van der Waals surface area contributed by atoms with Crippen molar-refractivity contribution in [1.29, 1.82) is 0 Å². The summed E-state index contributed by atoms with van der Waals surface area (Å²) in [5, 5.41) is 13.0. The van der Waals surface area contributed by atoms with Gasteiger partial charge in [-0.3, -0.25) is 4.79 Å². The average molecular weight is 324 g/mol. The Morgan fingerprint density at radius 3 is 3.00 bits per heavy atom. The Labute approximate surface area is 131 Å². The van der Waals surface area contributed by atoms with Crippen molar-refractivity contribution in [2.45, 2.75) is 25.2 Å². The third-order valence-corrected chi connectivity index (χ3v) is 4.44. The van der Waals surface area contributed by atoms with Crippen molar-refractivity contribution in [2.24, 2.45) is 0 Å². The standard InChI is InChI=1S/C14H14ClN3O2S/c1-20-11-5-4-10(15)6-9(11)7-12(19)16-14-18-17-13(21-14)8-2-3-8/h4-6,8H,2-3,7H2,1H3,(H,16,18,19). The predicted octanol–water partition coefficient (Wildman–Crippen LogP) is 3.26. The minimum atomic E-state index is -0.158. The molecule has 7 heteroatoms. The molecular weight excluding hydrogens is 310 g/mol. The molecule has 21 heavy (non-hydrogen) atoms. The second-order valence-electron chi connectivity index (χ2n) is 4.90. The fourth-order valence-electron chi connectivity index (χ4n) is 2.00. The van der Waals surface area contributed by atoms with E-state index in [4.69, 9.17) is 16.3 Å². The number of amides is 1. The number of halogens is 1. The lowest BCUT2D eigenvalue weighted by Gasteiger charge is -2.08. The molecule has 0 spiro atoms. The predicted molar refractivity (Wildman–Crippen MR) is 82.2 cm³/mol. The van der Waals surface area contributed by atoms with Crippen LogP contribution in [0, 0.1) is 0 Å². The molecule has 1 saturated carbocycles. The molecule has 0 radical (unpaired) electrons. The van der Waals surface area contributed by atoms with E-state index in [2.05, 4.69) is 15.5 Å². The molecule has 0 bridgehead atoms. The van der Waals surface area contributed by atoms with Crippen LogP contribution >= 0.6 is 22.9 Å². The number of methoxy groups -OCH3 is 1. The highest BCUT2D eigenvalue weighted by molar-refractivity contribution is 7.15. The van der Waals surface area contributed by atoms with Crippen molar-refractivity contribution in [3.05, 3.63) is 33.8 Å². The van der Waals surface area contributed by atoms with Crippen molar-refractivity contribution < 1.29 is 9.53 Å². The van der Waals surface area contributed by atoms with Gasteiger partial charge in [0.2, 0.25) is 11.0 Å². The van der Waals surface area contributed by atoms with Gasteiger partial charge in [0.1, 0.15) is 10.8 Å². The molecular formula is C14H14ClN3O2S. The van der Waals surface area contributed by atoms with Gasteiger partial charge in [-0.2, -0.15) is 0 Å². The van der Waals surface area contributed by atoms with Gasteiger partial charge in [-0.15, -0.1) is 10.2 Å². The molecule has 1 heterocycles. The Morgan fingerprint density at radius 2 is 2.29 bits per heavy atom. The number of benzene rings is 1. The molecule has 0 aliphatic heterocycles. The highest BCUT2D eigenvalue weighted by Gasteiger charge is 2.27.